The monoisotopic (exact) mass is 1890 g/mol. The molecule has 4 N–H and O–H groups in total. The van der Waals surface area contributed by atoms with Crippen molar-refractivity contribution in [1.82, 2.24) is 80.0 Å². The summed E-state index contributed by atoms with van der Waals surface area (Å²) in [4.78, 5) is 102. The molecule has 12 heterocycles. The summed E-state index contributed by atoms with van der Waals surface area (Å²) < 4.78 is 271. The van der Waals surface area contributed by atoms with Gasteiger partial charge in [0.1, 0.15) is 11.6 Å². The molecular formula is C90H98F20N16O7. The molecule has 43 heteroatoms. The van der Waals surface area contributed by atoms with Crippen molar-refractivity contribution in [2.24, 2.45) is 11.3 Å². The van der Waals surface area contributed by atoms with Crippen LogP contribution in [-0.2, 0) is 91.0 Å². The number of fused-ring (bicyclic) bond motifs is 4. The largest absolute Gasteiger partial charge is 0.419 e. The quantitative estimate of drug-likeness (QED) is 0.0882. The molecule has 0 radical (unpaired) electrons. The Morgan fingerprint density at radius 3 is 0.970 bits per heavy atom. The molecule has 0 saturated carbocycles. The first kappa shape index (κ1) is 99.1. The van der Waals surface area contributed by atoms with Crippen LogP contribution >= 0.6 is 0 Å². The zero-order valence-corrected chi connectivity index (χ0v) is 73.5. The number of likely N-dealkylation sites (tertiary alicyclic amines) is 4. The molecule has 16 rings (SSSR count). The summed E-state index contributed by atoms with van der Waals surface area (Å²) in [5, 5.41) is 28.2. The highest BCUT2D eigenvalue weighted by Crippen LogP contribution is 2.47. The number of alkyl halides is 12. The summed E-state index contributed by atoms with van der Waals surface area (Å²) in [5.74, 6) is -17.0. The van der Waals surface area contributed by atoms with E-state index < -0.39 is 123 Å². The standard InChI is InChI=1S/C24H29F5N4O.C23H25F5N4O2.C22H23F5N4O2.C21H21F5N4O2/c1-23(2,3)13-32-9-8-16-18(12-32)30-31-21(16)22(34)33-10-6-14(7-11-33)15-4-5-17(25)20(26)19(15)24(27,28)29;1-12(2)21(33)32-10-7-15-17(11-32)29-30-20(15)22(34)31-8-5-13(6-9-31)14-3-4-16(24)19(25)18(14)23(26,27)28;1-2-17(32)31-10-7-14-16(11-31)28-29-20(14)21(33)30-8-5-12(6-9-30)13-3-4-15(23)19(24)18(13)22(25,26)27;1-11(31)30-7-4-14-17(10-30)27-28-19(14)20(32)29-5-2-12(3-6-29)15-8-13(22)9-16(23)18(15)21(24,25)26/h4-5,14H,6-13H2,1-3H3,(H,30,31);3-4,12-13H,5-11H2,1-2H3,(H,29,30);3-4,12H,2,5-11H2,1H3,(H,28,29);8-9,12H,2-7,10H2,1H3,(H,27,28). The summed E-state index contributed by atoms with van der Waals surface area (Å²) in [6.07, 6.45) is -16.0. The van der Waals surface area contributed by atoms with E-state index in [1.807, 2.05) is 13.8 Å². The number of hydrogen-bond donors (Lipinski definition) is 4. The Balaban J connectivity index is 0.000000151. The van der Waals surface area contributed by atoms with E-state index in [0.29, 0.717) is 113 Å². The van der Waals surface area contributed by atoms with Gasteiger partial charge in [0.05, 0.1) is 64.7 Å². The van der Waals surface area contributed by atoms with Gasteiger partial charge in [0.25, 0.3) is 23.6 Å². The average Bonchev–Trinajstić information content (AvgIpc) is 1.66. The first-order valence-corrected chi connectivity index (χ1v) is 43.7. The fraction of sp³-hybridized carbons (Fsp3) is 0.522. The van der Waals surface area contributed by atoms with Gasteiger partial charge in [0.15, 0.2) is 57.7 Å². The number of piperidine rings is 4. The van der Waals surface area contributed by atoms with E-state index in [9.17, 15) is 121 Å². The maximum absolute atomic E-state index is 14.0. The number of carbonyl (C=O) groups is 7. The van der Waals surface area contributed by atoms with Crippen molar-refractivity contribution in [1.29, 1.82) is 0 Å². The number of nitrogens with zero attached hydrogens (tertiary/aromatic N) is 12. The minimum absolute atomic E-state index is 0.0145. The van der Waals surface area contributed by atoms with Crippen LogP contribution in [0.1, 0.15) is 261 Å². The molecule has 0 spiro atoms. The summed E-state index contributed by atoms with van der Waals surface area (Å²) in [5.41, 5.74) is 0.0768. The van der Waals surface area contributed by atoms with Crippen LogP contribution in [0, 0.1) is 57.9 Å². The van der Waals surface area contributed by atoms with Crippen molar-refractivity contribution >= 4 is 41.4 Å². The molecule has 0 aliphatic carbocycles. The van der Waals surface area contributed by atoms with Gasteiger partial charge in [0, 0.05) is 139 Å². The molecule has 720 valence electrons. The topological polar surface area (TPSA) is 260 Å². The Hall–Kier alpha value is -11.4. The predicted molar refractivity (Wildman–Crippen MR) is 438 cm³/mol. The average molecular weight is 1900 g/mol. The molecule has 0 unspecified atom stereocenters. The number of hydrogen-bond acceptors (Lipinski definition) is 12. The van der Waals surface area contributed by atoms with Gasteiger partial charge in [-0.25, -0.2) is 35.1 Å². The lowest BCUT2D eigenvalue weighted by atomic mass is 9.85. The van der Waals surface area contributed by atoms with Gasteiger partial charge in [-0.05, 0) is 153 Å². The third-order valence-corrected chi connectivity index (χ3v) is 25.7. The van der Waals surface area contributed by atoms with E-state index in [-0.39, 0.29) is 196 Å². The molecule has 0 atom stereocenters. The molecular weight excluding hydrogens is 1800 g/mol. The van der Waals surface area contributed by atoms with Crippen LogP contribution in [0.15, 0.2) is 48.5 Å². The first-order chi connectivity index (χ1) is 62.5. The second kappa shape index (κ2) is 39.6. The second-order valence-corrected chi connectivity index (χ2v) is 36.0. The highest BCUT2D eigenvalue weighted by Gasteiger charge is 2.47. The fourth-order valence-corrected chi connectivity index (χ4v) is 19.1. The van der Waals surface area contributed by atoms with E-state index >= 15 is 0 Å². The first-order valence-electron chi connectivity index (χ1n) is 43.7. The number of nitrogens with one attached hydrogen (secondary N) is 4. The molecule has 23 nitrogen and oxygen atoms in total. The predicted octanol–water partition coefficient (Wildman–Crippen LogP) is 17.1. The van der Waals surface area contributed by atoms with Crippen LogP contribution in [0.2, 0.25) is 0 Å². The van der Waals surface area contributed by atoms with Gasteiger partial charge in [-0.2, -0.15) is 73.1 Å². The molecule has 4 aromatic carbocycles. The Labute approximate surface area is 750 Å². The summed E-state index contributed by atoms with van der Waals surface area (Å²) in [6.45, 7) is 19.7. The number of aromatic amines is 4. The number of aromatic nitrogens is 8. The maximum Gasteiger partial charge on any atom is 0.419 e. The number of carbonyl (C=O) groups excluding carboxylic acids is 7. The third-order valence-electron chi connectivity index (χ3n) is 25.7. The van der Waals surface area contributed by atoms with E-state index in [2.05, 4.69) is 66.5 Å². The molecule has 4 fully saturated rings. The smallest absolute Gasteiger partial charge is 0.337 e. The second-order valence-electron chi connectivity index (χ2n) is 36.0. The maximum atomic E-state index is 14.0. The Bertz CT molecular complexity index is 5660. The normalized spacial score (nSPS) is 17.6. The summed E-state index contributed by atoms with van der Waals surface area (Å²) in [6, 6.07) is 6.10. The van der Waals surface area contributed by atoms with E-state index in [0.717, 1.165) is 71.4 Å². The summed E-state index contributed by atoms with van der Waals surface area (Å²) >= 11 is 0. The van der Waals surface area contributed by atoms with Gasteiger partial charge in [-0.3, -0.25) is 58.9 Å². The van der Waals surface area contributed by atoms with E-state index in [1.54, 1.807) is 26.5 Å². The minimum atomic E-state index is -5.02. The Morgan fingerprint density at radius 1 is 0.368 bits per heavy atom. The molecule has 8 aliphatic rings. The van der Waals surface area contributed by atoms with Crippen LogP contribution in [-0.4, -0.2) is 206 Å². The van der Waals surface area contributed by atoms with Crippen molar-refractivity contribution in [3.63, 3.8) is 0 Å². The highest BCUT2D eigenvalue weighted by atomic mass is 19.4. The molecule has 7 amide bonds. The molecule has 0 bridgehead atoms. The zero-order chi connectivity index (χ0) is 96.7. The number of rotatable bonds is 11. The van der Waals surface area contributed by atoms with Crippen molar-refractivity contribution in [3.05, 3.63) is 207 Å². The number of benzene rings is 4. The fourth-order valence-electron chi connectivity index (χ4n) is 19.1. The molecule has 8 aliphatic heterocycles. The molecule has 4 saturated heterocycles. The highest BCUT2D eigenvalue weighted by molar-refractivity contribution is 5.96. The number of amides is 7. The van der Waals surface area contributed by atoms with E-state index in [1.165, 1.54) is 21.6 Å². The summed E-state index contributed by atoms with van der Waals surface area (Å²) in [7, 11) is 0. The van der Waals surface area contributed by atoms with Crippen molar-refractivity contribution in [2.45, 2.75) is 206 Å². The van der Waals surface area contributed by atoms with Crippen molar-refractivity contribution in [3.8, 4) is 0 Å². The van der Waals surface area contributed by atoms with Gasteiger partial charge >= 0.3 is 24.7 Å². The van der Waals surface area contributed by atoms with Gasteiger partial charge in [-0.15, -0.1) is 0 Å². The number of H-pyrrole nitrogens is 4. The lowest BCUT2D eigenvalue weighted by Crippen LogP contribution is -2.40. The van der Waals surface area contributed by atoms with Crippen molar-refractivity contribution in [2.75, 3.05) is 85.1 Å². The van der Waals surface area contributed by atoms with Crippen molar-refractivity contribution < 1.29 is 121 Å². The Kier molecular flexibility index (Phi) is 29.5. The van der Waals surface area contributed by atoms with Crippen LogP contribution in [0.3, 0.4) is 0 Å². The Morgan fingerprint density at radius 2 is 0.662 bits per heavy atom. The lowest BCUT2D eigenvalue weighted by Gasteiger charge is -2.34. The van der Waals surface area contributed by atoms with Crippen LogP contribution < -0.4 is 0 Å². The van der Waals surface area contributed by atoms with Crippen LogP contribution in [0.25, 0.3) is 0 Å². The zero-order valence-electron chi connectivity index (χ0n) is 73.5. The lowest BCUT2D eigenvalue weighted by molar-refractivity contribution is -0.142. The molecule has 4 aromatic heterocycles. The van der Waals surface area contributed by atoms with Crippen LogP contribution in [0.4, 0.5) is 87.8 Å². The third kappa shape index (κ3) is 21.8. The SMILES string of the molecule is CC(=O)N1CCc2c(C(=O)N3CCC(c4cc(F)cc(F)c4C(F)(F)F)CC3)n[nH]c2C1.CC(C)(C)CN1CCc2c(C(=O)N3CCC(c4ccc(F)c(F)c4C(F)(F)F)CC3)n[nH]c2C1.CC(C)C(=O)N1CCc2c(C(=O)N3CCC(c4ccc(F)c(F)c4C(F)(F)F)CC3)n[nH]c2C1.CCC(=O)N1CCc2c(C(=O)N3CCC(c4ccc(F)c(F)c4C(F)(F)F)CC3)n[nH]c2C1. The molecule has 8 aromatic rings. The molecule has 133 heavy (non-hydrogen) atoms. The van der Waals surface area contributed by atoms with Gasteiger partial charge in [-0.1, -0.05) is 59.7 Å². The minimum Gasteiger partial charge on any atom is -0.337 e. The van der Waals surface area contributed by atoms with Gasteiger partial charge in [0.2, 0.25) is 17.7 Å². The number of halogens is 20. The van der Waals surface area contributed by atoms with Gasteiger partial charge < -0.3 is 34.3 Å². The van der Waals surface area contributed by atoms with Crippen LogP contribution in [0.5, 0.6) is 0 Å². The van der Waals surface area contributed by atoms with E-state index in [4.69, 9.17) is 0 Å².